The second-order valence-electron chi connectivity index (χ2n) is 7.19. The Morgan fingerprint density at radius 3 is 2.50 bits per heavy atom. The minimum absolute atomic E-state index is 0.0492. The van der Waals surface area contributed by atoms with Gasteiger partial charge in [-0.3, -0.25) is 4.98 Å². The maximum Gasteiger partial charge on any atom is 0.337 e. The second kappa shape index (κ2) is 8.32. The molecule has 168 valence electrons. The highest BCUT2D eigenvalue weighted by molar-refractivity contribution is 7.92. The van der Waals surface area contributed by atoms with E-state index in [-0.39, 0.29) is 46.4 Å². The topological polar surface area (TPSA) is 134 Å². The molecule has 4 rings (SSSR count). The van der Waals surface area contributed by atoms with Gasteiger partial charge in [-0.1, -0.05) is 23.7 Å². The summed E-state index contributed by atoms with van der Waals surface area (Å²) in [6.45, 7) is -0.354. The van der Waals surface area contributed by atoms with Gasteiger partial charge in [-0.05, 0) is 30.3 Å². The first-order valence-corrected chi connectivity index (χ1v) is 13.1. The number of carboxylic acid groups (broad SMARTS) is 1. The van der Waals surface area contributed by atoms with Gasteiger partial charge in [0.1, 0.15) is 4.90 Å². The molecule has 1 saturated heterocycles. The summed E-state index contributed by atoms with van der Waals surface area (Å²) >= 11 is 6.15. The van der Waals surface area contributed by atoms with Crippen molar-refractivity contribution in [1.29, 1.82) is 0 Å². The summed E-state index contributed by atoms with van der Waals surface area (Å²) in [5, 5.41) is 13.2. The van der Waals surface area contributed by atoms with Gasteiger partial charge in [0.25, 0.3) is 0 Å². The van der Waals surface area contributed by atoms with Crippen LogP contribution >= 0.6 is 11.6 Å². The van der Waals surface area contributed by atoms with E-state index in [0.29, 0.717) is 15.9 Å². The van der Waals surface area contributed by atoms with Crippen molar-refractivity contribution in [2.45, 2.75) is 4.90 Å². The Hall–Kier alpha value is -2.73. The third kappa shape index (κ3) is 4.29. The molecule has 32 heavy (non-hydrogen) atoms. The van der Waals surface area contributed by atoms with Crippen molar-refractivity contribution < 1.29 is 26.7 Å². The molecule has 9 nitrogen and oxygen atoms in total. The van der Waals surface area contributed by atoms with Crippen LogP contribution in [0.4, 0.5) is 11.4 Å². The molecule has 0 unspecified atom stereocenters. The summed E-state index contributed by atoms with van der Waals surface area (Å²) in [5.41, 5.74) is 0.696. The van der Waals surface area contributed by atoms with Crippen LogP contribution in [0, 0.1) is 0 Å². The fourth-order valence-electron chi connectivity index (χ4n) is 3.46. The number of sulfone groups is 1. The maximum absolute atomic E-state index is 13.5. The number of sulfonamides is 1. The SMILES string of the molecule is O=C(O)c1ccccc1Nc1c(S(=O)(=O)N2CCS(=O)(=O)CC2)cnc2ccc(Cl)cc12. The van der Waals surface area contributed by atoms with Gasteiger partial charge in [-0.15, -0.1) is 0 Å². The number of carbonyl (C=O) groups is 1. The smallest absolute Gasteiger partial charge is 0.337 e. The van der Waals surface area contributed by atoms with Gasteiger partial charge in [-0.2, -0.15) is 4.31 Å². The number of halogens is 1. The molecule has 3 aromatic rings. The van der Waals surface area contributed by atoms with Gasteiger partial charge in [-0.25, -0.2) is 21.6 Å². The normalized spacial score (nSPS) is 16.7. The fourth-order valence-corrected chi connectivity index (χ4v) is 6.61. The van der Waals surface area contributed by atoms with Crippen molar-refractivity contribution in [3.05, 3.63) is 59.2 Å². The average Bonchev–Trinajstić information content (AvgIpc) is 2.74. The minimum atomic E-state index is -4.15. The zero-order valence-corrected chi connectivity index (χ0v) is 18.9. The third-order valence-electron chi connectivity index (χ3n) is 5.13. The number of rotatable bonds is 5. The number of hydrogen-bond donors (Lipinski definition) is 2. The number of aromatic carboxylic acids is 1. The maximum atomic E-state index is 13.5. The predicted octanol–water partition coefficient (Wildman–Crippen LogP) is 2.75. The van der Waals surface area contributed by atoms with Crippen LogP contribution in [0.1, 0.15) is 10.4 Å². The number of para-hydroxylation sites is 1. The Morgan fingerprint density at radius 2 is 1.81 bits per heavy atom. The van der Waals surface area contributed by atoms with Crippen LogP contribution in [-0.4, -0.2) is 61.8 Å². The van der Waals surface area contributed by atoms with Crippen molar-refractivity contribution in [3.63, 3.8) is 0 Å². The van der Waals surface area contributed by atoms with Crippen LogP contribution < -0.4 is 5.32 Å². The summed E-state index contributed by atoms with van der Waals surface area (Å²) in [5.74, 6) is -1.73. The van der Waals surface area contributed by atoms with E-state index in [1.165, 1.54) is 24.4 Å². The monoisotopic (exact) mass is 495 g/mol. The van der Waals surface area contributed by atoms with E-state index >= 15 is 0 Å². The van der Waals surface area contributed by atoms with Crippen molar-refractivity contribution in [1.82, 2.24) is 9.29 Å². The zero-order chi connectivity index (χ0) is 23.1. The summed E-state index contributed by atoms with van der Waals surface area (Å²) in [4.78, 5) is 15.7. The Bertz CT molecular complexity index is 1430. The molecule has 0 amide bonds. The molecule has 1 aromatic heterocycles. The first-order valence-electron chi connectivity index (χ1n) is 9.47. The van der Waals surface area contributed by atoms with Crippen LogP contribution in [0.2, 0.25) is 5.02 Å². The first-order chi connectivity index (χ1) is 15.1. The molecule has 2 aromatic carbocycles. The van der Waals surface area contributed by atoms with Gasteiger partial charge >= 0.3 is 5.97 Å². The molecule has 0 bridgehead atoms. The molecule has 2 heterocycles. The number of pyridine rings is 1. The Kier molecular flexibility index (Phi) is 5.84. The standard InChI is InChI=1S/C20H18ClN3O6S2/c21-13-5-6-16-15(11-13)19(23-17-4-2-1-3-14(17)20(25)26)18(12-22-16)32(29,30)24-7-9-31(27,28)10-8-24/h1-6,11-12H,7-10H2,(H,22,23)(H,25,26). The molecule has 0 aliphatic carbocycles. The third-order valence-corrected chi connectivity index (χ3v) is 8.89. The molecule has 0 radical (unpaired) electrons. The highest BCUT2D eigenvalue weighted by atomic mass is 35.5. The van der Waals surface area contributed by atoms with Crippen LogP contribution in [0.5, 0.6) is 0 Å². The number of carboxylic acids is 1. The molecular formula is C20H18ClN3O6S2. The van der Waals surface area contributed by atoms with Crippen molar-refractivity contribution in [2.75, 3.05) is 29.9 Å². The van der Waals surface area contributed by atoms with E-state index in [0.717, 1.165) is 4.31 Å². The predicted molar refractivity (Wildman–Crippen MR) is 121 cm³/mol. The van der Waals surface area contributed by atoms with E-state index in [1.54, 1.807) is 24.3 Å². The molecule has 1 aliphatic heterocycles. The van der Waals surface area contributed by atoms with Crippen LogP contribution in [0.25, 0.3) is 10.9 Å². The van der Waals surface area contributed by atoms with Gasteiger partial charge in [0.2, 0.25) is 10.0 Å². The largest absolute Gasteiger partial charge is 0.478 e. The molecule has 12 heteroatoms. The van der Waals surface area contributed by atoms with Gasteiger partial charge in [0.05, 0.1) is 34.0 Å². The molecule has 0 saturated carbocycles. The van der Waals surface area contributed by atoms with E-state index in [1.807, 2.05) is 0 Å². The second-order valence-corrected chi connectivity index (χ2v) is 11.8. The highest BCUT2D eigenvalue weighted by Crippen LogP contribution is 2.36. The number of fused-ring (bicyclic) bond motifs is 1. The van der Waals surface area contributed by atoms with E-state index < -0.39 is 25.8 Å². The molecule has 0 atom stereocenters. The first kappa shape index (κ1) is 22.5. The average molecular weight is 496 g/mol. The van der Waals surface area contributed by atoms with E-state index in [9.17, 15) is 26.7 Å². The van der Waals surface area contributed by atoms with Crippen LogP contribution in [0.15, 0.2) is 53.6 Å². The fraction of sp³-hybridized carbons (Fsp3) is 0.200. The number of aromatic nitrogens is 1. The molecule has 1 aliphatic rings. The van der Waals surface area contributed by atoms with Crippen molar-refractivity contribution in [3.8, 4) is 0 Å². The Morgan fingerprint density at radius 1 is 1.12 bits per heavy atom. The minimum Gasteiger partial charge on any atom is -0.478 e. The summed E-state index contributed by atoms with van der Waals surface area (Å²) in [6.07, 6.45) is 1.18. The van der Waals surface area contributed by atoms with Crippen LogP contribution in [0.3, 0.4) is 0 Å². The van der Waals surface area contributed by atoms with Crippen LogP contribution in [-0.2, 0) is 19.9 Å². The lowest BCUT2D eigenvalue weighted by molar-refractivity contribution is 0.0698. The molecule has 0 spiro atoms. The van der Waals surface area contributed by atoms with E-state index in [4.69, 9.17) is 11.6 Å². The Balaban J connectivity index is 1.90. The zero-order valence-electron chi connectivity index (χ0n) is 16.5. The van der Waals surface area contributed by atoms with Crippen molar-refractivity contribution >= 4 is 59.7 Å². The summed E-state index contributed by atoms with van der Waals surface area (Å²) in [7, 11) is -7.44. The lowest BCUT2D eigenvalue weighted by Gasteiger charge is -2.27. The summed E-state index contributed by atoms with van der Waals surface area (Å²) in [6, 6.07) is 10.9. The number of anilines is 2. The number of benzene rings is 2. The number of nitrogens with one attached hydrogen (secondary N) is 1. The van der Waals surface area contributed by atoms with Gasteiger partial charge in [0, 0.05) is 29.7 Å². The quantitative estimate of drug-likeness (QED) is 0.551. The Labute approximate surface area is 189 Å². The lowest BCUT2D eigenvalue weighted by Crippen LogP contribution is -2.43. The van der Waals surface area contributed by atoms with Gasteiger partial charge in [0.15, 0.2) is 9.84 Å². The van der Waals surface area contributed by atoms with Gasteiger partial charge < -0.3 is 10.4 Å². The van der Waals surface area contributed by atoms with E-state index in [2.05, 4.69) is 10.3 Å². The number of hydrogen-bond acceptors (Lipinski definition) is 7. The number of nitrogens with zero attached hydrogens (tertiary/aromatic N) is 2. The highest BCUT2D eigenvalue weighted by Gasteiger charge is 2.34. The molecule has 1 fully saturated rings. The summed E-state index contributed by atoms with van der Waals surface area (Å²) < 4.78 is 51.5. The lowest BCUT2D eigenvalue weighted by atomic mass is 10.1. The molecule has 2 N–H and O–H groups in total. The van der Waals surface area contributed by atoms with Crippen molar-refractivity contribution in [2.24, 2.45) is 0 Å². The molecular weight excluding hydrogens is 478 g/mol.